The summed E-state index contributed by atoms with van der Waals surface area (Å²) in [5.74, 6) is -0.502. The highest BCUT2D eigenvalue weighted by Crippen LogP contribution is 2.34. The van der Waals surface area contributed by atoms with Crippen LogP contribution in [0.25, 0.3) is 5.65 Å². The first-order valence-corrected chi connectivity index (χ1v) is 19.4. The molecule has 15 heteroatoms. The van der Waals surface area contributed by atoms with Crippen LogP contribution in [0.3, 0.4) is 0 Å². The van der Waals surface area contributed by atoms with Crippen LogP contribution in [0.15, 0.2) is 60.9 Å². The van der Waals surface area contributed by atoms with Gasteiger partial charge in [-0.1, -0.05) is 31.4 Å². The van der Waals surface area contributed by atoms with Gasteiger partial charge in [0.05, 0.1) is 17.4 Å². The fourth-order valence-corrected chi connectivity index (χ4v) is 7.46. The average molecular weight is 777 g/mol. The predicted octanol–water partition coefficient (Wildman–Crippen LogP) is 7.27. The van der Waals surface area contributed by atoms with Crippen LogP contribution in [0, 0.1) is 0 Å². The van der Waals surface area contributed by atoms with Gasteiger partial charge in [0.25, 0.3) is 5.91 Å². The molecule has 3 fully saturated rings. The van der Waals surface area contributed by atoms with E-state index in [-0.39, 0.29) is 35.3 Å². The molecule has 3 aromatic heterocycles. The SMILES string of the molecule is CC(C)Oc1cc2nc(C3CCCCC3)cn2cc1C(=O)Nc1cccc(C(F)(F)F)n1.CN(C)C1CCN(c2cccc(NC3CCC(=O)NC3=O)c2)CC1. The number of fused-ring (bicyclic) bond motifs is 1. The second-order valence-corrected chi connectivity index (χ2v) is 15.2. The molecule has 0 spiro atoms. The zero-order valence-corrected chi connectivity index (χ0v) is 32.4. The number of alkyl halides is 3. The van der Waals surface area contributed by atoms with Crippen molar-refractivity contribution in [1.29, 1.82) is 0 Å². The molecule has 3 amide bonds. The summed E-state index contributed by atoms with van der Waals surface area (Å²) in [6.07, 6.45) is 7.77. The number of rotatable bonds is 9. The van der Waals surface area contributed by atoms with Crippen molar-refractivity contribution in [3.8, 4) is 5.75 Å². The summed E-state index contributed by atoms with van der Waals surface area (Å²) in [5.41, 5.74) is 2.88. The van der Waals surface area contributed by atoms with Gasteiger partial charge < -0.3 is 29.6 Å². The number of amides is 3. The standard InChI is InChI=1S/C23H25F3N4O2.C18H26N4O2/c1-14(2)32-18-11-21-27-17(15-7-4-3-5-8-15)13-30(21)12-16(18)22(31)29-20-10-6-9-19(28-20)23(24,25)26;1-21(2)14-8-10-22(11-9-14)15-5-3-4-13(12-15)19-16-6-7-17(23)20-18(16)24/h6,9-15H,3-5,7-8H2,1-2H3,(H,28,29,31);3-5,12,14,16,19H,6-11H2,1-2H3,(H,20,23,24). The number of piperidine rings is 2. The zero-order chi connectivity index (χ0) is 40.0. The Morgan fingerprint density at radius 3 is 2.36 bits per heavy atom. The Balaban J connectivity index is 0.000000198. The monoisotopic (exact) mass is 776 g/mol. The van der Waals surface area contributed by atoms with E-state index in [1.165, 1.54) is 37.1 Å². The molecule has 4 aromatic rings. The molecule has 0 bridgehead atoms. The summed E-state index contributed by atoms with van der Waals surface area (Å²) in [6, 6.07) is 13.6. The van der Waals surface area contributed by atoms with Gasteiger partial charge in [0.15, 0.2) is 0 Å². The van der Waals surface area contributed by atoms with E-state index in [0.29, 0.717) is 36.2 Å². The van der Waals surface area contributed by atoms with Crippen LogP contribution in [0.4, 0.5) is 30.4 Å². The molecule has 1 unspecified atom stereocenters. The van der Waals surface area contributed by atoms with E-state index >= 15 is 0 Å². The summed E-state index contributed by atoms with van der Waals surface area (Å²) in [6.45, 7) is 5.76. The van der Waals surface area contributed by atoms with Gasteiger partial charge in [-0.25, -0.2) is 9.97 Å². The summed E-state index contributed by atoms with van der Waals surface area (Å²) >= 11 is 0. The molecule has 3 N–H and O–H groups in total. The van der Waals surface area contributed by atoms with Gasteiger partial charge in [0.2, 0.25) is 11.8 Å². The molecular formula is C41H51F3N8O4. The lowest BCUT2D eigenvalue weighted by Gasteiger charge is -2.36. The van der Waals surface area contributed by atoms with E-state index in [2.05, 4.69) is 57.0 Å². The Labute approximate surface area is 325 Å². The molecule has 2 aliphatic heterocycles. The number of carbonyl (C=O) groups is 3. The highest BCUT2D eigenvalue weighted by molar-refractivity contribution is 6.06. The van der Waals surface area contributed by atoms with Gasteiger partial charge in [0, 0.05) is 61.3 Å². The number of aromatic nitrogens is 3. The Hall–Kier alpha value is -5.18. The maximum Gasteiger partial charge on any atom is 0.433 e. The number of imide groups is 1. The first-order chi connectivity index (χ1) is 26.7. The molecule has 2 saturated heterocycles. The number of hydrogen-bond acceptors (Lipinski definition) is 9. The van der Waals surface area contributed by atoms with E-state index in [9.17, 15) is 27.6 Å². The molecule has 7 rings (SSSR count). The van der Waals surface area contributed by atoms with Crippen molar-refractivity contribution >= 4 is 40.6 Å². The molecular weight excluding hydrogens is 725 g/mol. The Kier molecular flexibility index (Phi) is 12.8. The number of anilines is 3. The summed E-state index contributed by atoms with van der Waals surface area (Å²) in [5, 5.41) is 8.10. The van der Waals surface area contributed by atoms with Gasteiger partial charge >= 0.3 is 6.18 Å². The molecule has 0 radical (unpaired) electrons. The molecule has 1 atom stereocenters. The van der Waals surface area contributed by atoms with Crippen LogP contribution in [0.2, 0.25) is 0 Å². The van der Waals surface area contributed by atoms with Crippen molar-refractivity contribution in [2.45, 2.75) is 102 Å². The van der Waals surface area contributed by atoms with E-state index in [4.69, 9.17) is 9.72 Å². The predicted molar refractivity (Wildman–Crippen MR) is 209 cm³/mol. The number of imidazole rings is 1. The van der Waals surface area contributed by atoms with Gasteiger partial charge in [-0.05, 0) is 90.4 Å². The Bertz CT molecular complexity index is 2000. The van der Waals surface area contributed by atoms with E-state index in [1.54, 1.807) is 16.7 Å². The topological polar surface area (TPSA) is 133 Å². The quantitative estimate of drug-likeness (QED) is 0.150. The van der Waals surface area contributed by atoms with Crippen molar-refractivity contribution < 1.29 is 32.3 Å². The summed E-state index contributed by atoms with van der Waals surface area (Å²) < 4.78 is 46.5. The zero-order valence-electron chi connectivity index (χ0n) is 32.4. The highest BCUT2D eigenvalue weighted by atomic mass is 19.4. The van der Waals surface area contributed by atoms with Gasteiger partial charge in [-0.15, -0.1) is 0 Å². The molecule has 12 nitrogen and oxygen atoms in total. The number of benzene rings is 1. The van der Waals surface area contributed by atoms with Crippen LogP contribution in [-0.2, 0) is 15.8 Å². The number of hydrogen-bond donors (Lipinski definition) is 3. The minimum Gasteiger partial charge on any atom is -0.490 e. The fraction of sp³-hybridized carbons (Fsp3) is 0.488. The molecule has 1 aliphatic carbocycles. The van der Waals surface area contributed by atoms with Crippen molar-refractivity contribution in [3.05, 3.63) is 77.9 Å². The number of nitrogens with one attached hydrogen (secondary N) is 3. The molecule has 56 heavy (non-hydrogen) atoms. The third-order valence-corrected chi connectivity index (χ3v) is 10.5. The van der Waals surface area contributed by atoms with Crippen molar-refractivity contribution in [2.24, 2.45) is 0 Å². The lowest BCUT2D eigenvalue weighted by atomic mass is 9.87. The normalized spacial score (nSPS) is 18.4. The first-order valence-electron chi connectivity index (χ1n) is 19.4. The maximum absolute atomic E-state index is 13.0. The third kappa shape index (κ3) is 10.4. The van der Waals surface area contributed by atoms with Crippen molar-refractivity contribution in [2.75, 3.05) is 42.7 Å². The van der Waals surface area contributed by atoms with Crippen LogP contribution in [0.1, 0.15) is 99.3 Å². The summed E-state index contributed by atoms with van der Waals surface area (Å²) in [4.78, 5) is 49.1. The van der Waals surface area contributed by atoms with Gasteiger partial charge in [-0.2, -0.15) is 13.2 Å². The van der Waals surface area contributed by atoms with Crippen LogP contribution >= 0.6 is 0 Å². The molecule has 1 saturated carbocycles. The number of carbonyl (C=O) groups excluding carboxylic acids is 3. The van der Waals surface area contributed by atoms with Crippen molar-refractivity contribution in [1.82, 2.24) is 24.6 Å². The number of ether oxygens (including phenoxy) is 1. The maximum atomic E-state index is 13.0. The van der Waals surface area contributed by atoms with E-state index in [0.717, 1.165) is 56.2 Å². The largest absolute Gasteiger partial charge is 0.490 e. The molecule has 1 aromatic carbocycles. The first kappa shape index (κ1) is 40.5. The van der Waals surface area contributed by atoms with E-state index < -0.39 is 17.8 Å². The lowest BCUT2D eigenvalue weighted by Crippen LogP contribution is -2.47. The number of halogens is 3. The van der Waals surface area contributed by atoms with Gasteiger partial charge in [0.1, 0.15) is 29.0 Å². The third-order valence-electron chi connectivity index (χ3n) is 10.5. The summed E-state index contributed by atoms with van der Waals surface area (Å²) in [7, 11) is 4.29. The molecule has 3 aliphatic rings. The Morgan fingerprint density at radius 2 is 1.68 bits per heavy atom. The van der Waals surface area contributed by atoms with Crippen LogP contribution < -0.4 is 25.6 Å². The highest BCUT2D eigenvalue weighted by Gasteiger charge is 2.33. The fourth-order valence-electron chi connectivity index (χ4n) is 7.46. The van der Waals surface area contributed by atoms with E-state index in [1.807, 2.05) is 32.2 Å². The van der Waals surface area contributed by atoms with Crippen LogP contribution in [0.5, 0.6) is 5.75 Å². The average Bonchev–Trinajstić information content (AvgIpc) is 3.59. The molecule has 5 heterocycles. The minimum absolute atomic E-state index is 0.185. The molecule has 300 valence electrons. The smallest absolute Gasteiger partial charge is 0.433 e. The second kappa shape index (κ2) is 17.7. The minimum atomic E-state index is -4.60. The van der Waals surface area contributed by atoms with Crippen molar-refractivity contribution in [3.63, 3.8) is 0 Å². The number of nitrogens with zero attached hydrogens (tertiary/aromatic N) is 5. The lowest BCUT2D eigenvalue weighted by molar-refractivity contribution is -0.141. The van der Waals surface area contributed by atoms with Gasteiger partial charge in [-0.3, -0.25) is 19.7 Å². The Morgan fingerprint density at radius 1 is 0.946 bits per heavy atom. The van der Waals surface area contributed by atoms with Crippen LogP contribution in [-0.4, -0.2) is 82.4 Å². The number of pyridine rings is 2. The second-order valence-electron chi connectivity index (χ2n) is 15.2.